The Kier molecular flexibility index (Phi) is 4.74. The highest BCUT2D eigenvalue weighted by Crippen LogP contribution is 2.11. The molecule has 0 aromatic heterocycles. The van der Waals surface area contributed by atoms with Crippen LogP contribution in [0.1, 0.15) is 23.2 Å². The molecule has 1 aromatic rings. The van der Waals surface area contributed by atoms with Crippen LogP contribution in [-0.4, -0.2) is 40.5 Å². The first-order valence-corrected chi connectivity index (χ1v) is 8.06. The summed E-state index contributed by atoms with van der Waals surface area (Å²) < 4.78 is 25.4. The fourth-order valence-corrected chi connectivity index (χ4v) is 2.88. The van der Waals surface area contributed by atoms with Gasteiger partial charge in [-0.15, -0.1) is 0 Å². The Morgan fingerprint density at radius 2 is 2.00 bits per heavy atom. The van der Waals surface area contributed by atoms with Gasteiger partial charge in [0.1, 0.15) is 0 Å². The van der Waals surface area contributed by atoms with E-state index in [1.54, 1.807) is 0 Å². The van der Waals surface area contributed by atoms with Gasteiger partial charge in [-0.05, 0) is 50.7 Å². The largest absolute Gasteiger partial charge is 0.348 e. The van der Waals surface area contributed by atoms with Crippen LogP contribution in [0, 0.1) is 0 Å². The highest BCUT2D eigenvalue weighted by atomic mass is 32.2. The molecule has 1 aromatic carbocycles. The van der Waals surface area contributed by atoms with Gasteiger partial charge in [0.15, 0.2) is 0 Å². The van der Waals surface area contributed by atoms with E-state index in [0.29, 0.717) is 5.56 Å². The van der Waals surface area contributed by atoms with Crippen LogP contribution in [0.25, 0.3) is 0 Å². The van der Waals surface area contributed by atoms with Crippen LogP contribution in [0.4, 0.5) is 0 Å². The average Bonchev–Trinajstić information content (AvgIpc) is 2.48. The molecule has 0 saturated carbocycles. The standard InChI is InChI=1S/C13H19N3O3S/c1-14-20(18,19)12-6-4-10(5-7-12)13(17)16-11-3-2-8-15-9-11/h4-7,11,14-15H,2-3,8-9H2,1H3,(H,16,17)/t11-/m0/s1. The van der Waals surface area contributed by atoms with Gasteiger partial charge in [-0.3, -0.25) is 4.79 Å². The van der Waals surface area contributed by atoms with Crippen molar-refractivity contribution in [1.82, 2.24) is 15.4 Å². The Labute approximate surface area is 119 Å². The smallest absolute Gasteiger partial charge is 0.251 e. The summed E-state index contributed by atoms with van der Waals surface area (Å²) in [5.74, 6) is -0.174. The number of hydrogen-bond acceptors (Lipinski definition) is 4. The zero-order chi connectivity index (χ0) is 14.6. The summed E-state index contributed by atoms with van der Waals surface area (Å²) in [6, 6.07) is 6.04. The first kappa shape index (κ1) is 15.0. The van der Waals surface area contributed by atoms with Crippen LogP contribution in [-0.2, 0) is 10.0 Å². The maximum absolute atomic E-state index is 12.0. The number of nitrogens with one attached hydrogen (secondary N) is 3. The van der Waals surface area contributed by atoms with E-state index in [2.05, 4.69) is 15.4 Å². The van der Waals surface area contributed by atoms with Crippen molar-refractivity contribution < 1.29 is 13.2 Å². The minimum Gasteiger partial charge on any atom is -0.348 e. The van der Waals surface area contributed by atoms with Crippen molar-refractivity contribution in [3.8, 4) is 0 Å². The summed E-state index contributed by atoms with van der Waals surface area (Å²) in [4.78, 5) is 12.2. The van der Waals surface area contributed by atoms with Crippen LogP contribution < -0.4 is 15.4 Å². The second-order valence-corrected chi connectivity index (χ2v) is 6.64. The Balaban J connectivity index is 2.04. The third-order valence-corrected chi connectivity index (χ3v) is 4.76. The normalized spacial score (nSPS) is 19.6. The highest BCUT2D eigenvalue weighted by Gasteiger charge is 2.17. The maximum atomic E-state index is 12.0. The van der Waals surface area contributed by atoms with Crippen molar-refractivity contribution in [2.75, 3.05) is 20.1 Å². The molecule has 1 aliphatic rings. The summed E-state index contributed by atoms with van der Waals surface area (Å²) in [6.45, 7) is 1.76. The molecule has 110 valence electrons. The van der Waals surface area contributed by atoms with Crippen LogP contribution in [0.2, 0.25) is 0 Å². The molecule has 0 unspecified atom stereocenters. The van der Waals surface area contributed by atoms with E-state index in [1.807, 2.05) is 0 Å². The molecule has 6 nitrogen and oxygen atoms in total. The van der Waals surface area contributed by atoms with E-state index in [4.69, 9.17) is 0 Å². The van der Waals surface area contributed by atoms with E-state index < -0.39 is 10.0 Å². The third-order valence-electron chi connectivity index (χ3n) is 3.33. The monoisotopic (exact) mass is 297 g/mol. The molecule has 0 aliphatic carbocycles. The van der Waals surface area contributed by atoms with Crippen molar-refractivity contribution in [3.05, 3.63) is 29.8 Å². The summed E-state index contributed by atoms with van der Waals surface area (Å²) in [7, 11) is -2.11. The number of rotatable bonds is 4. The molecule has 1 saturated heterocycles. The molecule has 1 atom stereocenters. The molecule has 0 bridgehead atoms. The molecular formula is C13H19N3O3S. The first-order chi connectivity index (χ1) is 9.53. The van der Waals surface area contributed by atoms with Crippen molar-refractivity contribution in [3.63, 3.8) is 0 Å². The lowest BCUT2D eigenvalue weighted by Crippen LogP contribution is -2.45. The Bertz CT molecular complexity index is 563. The van der Waals surface area contributed by atoms with Crippen molar-refractivity contribution in [2.45, 2.75) is 23.8 Å². The number of carbonyl (C=O) groups excluding carboxylic acids is 1. The van der Waals surface area contributed by atoms with Crippen molar-refractivity contribution >= 4 is 15.9 Å². The second-order valence-electron chi connectivity index (χ2n) is 4.75. The quantitative estimate of drug-likeness (QED) is 0.734. The minimum absolute atomic E-state index is 0.136. The highest BCUT2D eigenvalue weighted by molar-refractivity contribution is 7.89. The molecule has 0 radical (unpaired) electrons. The van der Waals surface area contributed by atoms with E-state index in [0.717, 1.165) is 25.9 Å². The van der Waals surface area contributed by atoms with Gasteiger partial charge >= 0.3 is 0 Å². The summed E-state index contributed by atoms with van der Waals surface area (Å²) in [5, 5.41) is 6.17. The van der Waals surface area contributed by atoms with Gasteiger partial charge in [-0.25, -0.2) is 13.1 Å². The average molecular weight is 297 g/mol. The lowest BCUT2D eigenvalue weighted by molar-refractivity contribution is 0.0930. The van der Waals surface area contributed by atoms with Crippen LogP contribution >= 0.6 is 0 Å². The topological polar surface area (TPSA) is 87.3 Å². The predicted molar refractivity (Wildman–Crippen MR) is 76.0 cm³/mol. The molecule has 1 fully saturated rings. The third kappa shape index (κ3) is 3.56. The Hall–Kier alpha value is -1.44. The fourth-order valence-electron chi connectivity index (χ4n) is 2.15. The molecular weight excluding hydrogens is 278 g/mol. The molecule has 1 amide bonds. The molecule has 1 heterocycles. The number of sulfonamides is 1. The zero-order valence-corrected chi connectivity index (χ0v) is 12.2. The summed E-state index contributed by atoms with van der Waals surface area (Å²) in [5.41, 5.74) is 0.464. The molecule has 7 heteroatoms. The Morgan fingerprint density at radius 3 is 2.55 bits per heavy atom. The number of benzene rings is 1. The Morgan fingerprint density at radius 1 is 1.30 bits per heavy atom. The summed E-state index contributed by atoms with van der Waals surface area (Å²) >= 11 is 0. The summed E-state index contributed by atoms with van der Waals surface area (Å²) in [6.07, 6.45) is 2.01. The van der Waals surface area contributed by atoms with Gasteiger partial charge in [0.25, 0.3) is 5.91 Å². The number of piperidine rings is 1. The van der Waals surface area contributed by atoms with Gasteiger partial charge in [0, 0.05) is 18.2 Å². The van der Waals surface area contributed by atoms with Crippen LogP contribution in [0.5, 0.6) is 0 Å². The van der Waals surface area contributed by atoms with E-state index in [1.165, 1.54) is 31.3 Å². The zero-order valence-electron chi connectivity index (χ0n) is 11.3. The van der Waals surface area contributed by atoms with Gasteiger partial charge in [0.2, 0.25) is 10.0 Å². The van der Waals surface area contributed by atoms with E-state index >= 15 is 0 Å². The minimum atomic E-state index is -3.46. The van der Waals surface area contributed by atoms with Crippen molar-refractivity contribution in [1.29, 1.82) is 0 Å². The second kappa shape index (κ2) is 6.34. The lowest BCUT2D eigenvalue weighted by Gasteiger charge is -2.23. The number of amides is 1. The van der Waals surface area contributed by atoms with Crippen LogP contribution in [0.15, 0.2) is 29.2 Å². The van der Waals surface area contributed by atoms with Gasteiger partial charge in [0.05, 0.1) is 4.90 Å². The number of carbonyl (C=O) groups is 1. The van der Waals surface area contributed by atoms with E-state index in [9.17, 15) is 13.2 Å². The molecule has 3 N–H and O–H groups in total. The lowest BCUT2D eigenvalue weighted by atomic mass is 10.1. The molecule has 20 heavy (non-hydrogen) atoms. The number of hydrogen-bond donors (Lipinski definition) is 3. The first-order valence-electron chi connectivity index (χ1n) is 6.58. The maximum Gasteiger partial charge on any atom is 0.251 e. The fraction of sp³-hybridized carbons (Fsp3) is 0.462. The molecule has 1 aliphatic heterocycles. The molecule has 0 spiro atoms. The van der Waals surface area contributed by atoms with Crippen molar-refractivity contribution in [2.24, 2.45) is 0 Å². The SMILES string of the molecule is CNS(=O)(=O)c1ccc(C(=O)N[C@H]2CCCNC2)cc1. The molecule has 2 rings (SSSR count). The van der Waals surface area contributed by atoms with Gasteiger partial charge in [-0.1, -0.05) is 0 Å². The van der Waals surface area contributed by atoms with Crippen LogP contribution in [0.3, 0.4) is 0 Å². The van der Waals surface area contributed by atoms with Gasteiger partial charge < -0.3 is 10.6 Å². The van der Waals surface area contributed by atoms with E-state index in [-0.39, 0.29) is 16.8 Å². The van der Waals surface area contributed by atoms with Gasteiger partial charge in [-0.2, -0.15) is 0 Å². The predicted octanol–water partition coefficient (Wildman–Crippen LogP) is 0.0765.